The number of ether oxygens (including phenoxy) is 3. The Morgan fingerprint density at radius 2 is 1.58 bits per heavy atom. The number of rotatable bonds is 9. The second-order valence-electron chi connectivity index (χ2n) is 7.08. The molecule has 0 radical (unpaired) electrons. The van der Waals surface area contributed by atoms with Crippen LogP contribution in [0.1, 0.15) is 23.6 Å². The summed E-state index contributed by atoms with van der Waals surface area (Å²) in [5.41, 5.74) is 1.11. The molecule has 0 unspecified atom stereocenters. The van der Waals surface area contributed by atoms with Gasteiger partial charge in [-0.05, 0) is 79.6 Å². The van der Waals surface area contributed by atoms with Crippen LogP contribution in [0, 0.1) is 6.92 Å². The number of aryl methyl sites for hydroxylation is 1. The standard InChI is InChI=1S/C25H23F3O4S/c1-3-30-24(29)16-32-23-13-12-22(14-17(23)2)33-21-10-4-18(5-11-21)15-31-20-8-6-19(7-9-20)25(26,27)28/h4-14H,3,15-16H2,1-2H3. The molecular weight excluding hydrogens is 453 g/mol. The van der Waals surface area contributed by atoms with Crippen LogP contribution < -0.4 is 9.47 Å². The second kappa shape index (κ2) is 11.1. The molecule has 0 heterocycles. The number of carbonyl (C=O) groups excluding carboxylic acids is 1. The lowest BCUT2D eigenvalue weighted by molar-refractivity contribution is -0.145. The van der Waals surface area contributed by atoms with Crippen molar-refractivity contribution in [3.8, 4) is 11.5 Å². The van der Waals surface area contributed by atoms with Gasteiger partial charge in [0, 0.05) is 9.79 Å². The van der Waals surface area contributed by atoms with Crippen LogP contribution in [-0.4, -0.2) is 19.2 Å². The molecule has 0 aliphatic rings. The normalized spacial score (nSPS) is 11.2. The molecular formula is C25H23F3O4S. The minimum atomic E-state index is -4.36. The molecule has 0 saturated carbocycles. The van der Waals surface area contributed by atoms with Crippen LogP contribution in [0.3, 0.4) is 0 Å². The fourth-order valence-electron chi connectivity index (χ4n) is 2.88. The van der Waals surface area contributed by atoms with E-state index in [9.17, 15) is 18.0 Å². The van der Waals surface area contributed by atoms with Crippen molar-refractivity contribution in [2.45, 2.75) is 36.4 Å². The molecule has 3 aromatic rings. The number of hydrogen-bond donors (Lipinski definition) is 0. The summed E-state index contributed by atoms with van der Waals surface area (Å²) in [6, 6.07) is 18.1. The highest BCUT2D eigenvalue weighted by atomic mass is 32.2. The third kappa shape index (κ3) is 7.46. The SMILES string of the molecule is CCOC(=O)COc1ccc(Sc2ccc(COc3ccc(C(F)(F)F)cc3)cc2)cc1C. The Morgan fingerprint density at radius 1 is 0.909 bits per heavy atom. The fraction of sp³-hybridized carbons (Fsp3) is 0.240. The highest BCUT2D eigenvalue weighted by Crippen LogP contribution is 2.32. The average Bonchev–Trinajstić information content (AvgIpc) is 2.78. The van der Waals surface area contributed by atoms with E-state index >= 15 is 0 Å². The number of halogens is 3. The van der Waals surface area contributed by atoms with E-state index in [4.69, 9.17) is 14.2 Å². The van der Waals surface area contributed by atoms with E-state index < -0.39 is 17.7 Å². The number of alkyl halides is 3. The van der Waals surface area contributed by atoms with Crippen molar-refractivity contribution in [1.29, 1.82) is 0 Å². The van der Waals surface area contributed by atoms with Crippen molar-refractivity contribution in [2.24, 2.45) is 0 Å². The van der Waals surface area contributed by atoms with Gasteiger partial charge in [-0.3, -0.25) is 0 Å². The zero-order valence-electron chi connectivity index (χ0n) is 18.1. The molecule has 0 aliphatic carbocycles. The average molecular weight is 477 g/mol. The lowest BCUT2D eigenvalue weighted by Crippen LogP contribution is -2.14. The first kappa shape index (κ1) is 24.5. The van der Waals surface area contributed by atoms with Crippen molar-refractivity contribution in [3.05, 3.63) is 83.4 Å². The Kier molecular flexibility index (Phi) is 8.27. The fourth-order valence-corrected chi connectivity index (χ4v) is 3.80. The molecule has 174 valence electrons. The second-order valence-corrected chi connectivity index (χ2v) is 8.22. The zero-order chi connectivity index (χ0) is 23.8. The molecule has 4 nitrogen and oxygen atoms in total. The monoisotopic (exact) mass is 476 g/mol. The summed E-state index contributed by atoms with van der Waals surface area (Å²) in [7, 11) is 0. The van der Waals surface area contributed by atoms with Crippen LogP contribution in [0.15, 0.2) is 76.5 Å². The van der Waals surface area contributed by atoms with E-state index in [1.54, 1.807) is 18.7 Å². The quantitative estimate of drug-likeness (QED) is 0.322. The summed E-state index contributed by atoms with van der Waals surface area (Å²) >= 11 is 1.58. The summed E-state index contributed by atoms with van der Waals surface area (Å²) in [5, 5.41) is 0. The molecule has 3 rings (SSSR count). The first-order chi connectivity index (χ1) is 15.7. The van der Waals surface area contributed by atoms with Gasteiger partial charge in [-0.2, -0.15) is 13.2 Å². The third-order valence-corrected chi connectivity index (χ3v) is 5.54. The zero-order valence-corrected chi connectivity index (χ0v) is 19.0. The molecule has 0 amide bonds. The van der Waals surface area contributed by atoms with Crippen LogP contribution in [0.5, 0.6) is 11.5 Å². The predicted octanol–water partition coefficient (Wildman–Crippen LogP) is 6.69. The minimum absolute atomic E-state index is 0.128. The molecule has 0 fully saturated rings. The lowest BCUT2D eigenvalue weighted by Gasteiger charge is -2.11. The largest absolute Gasteiger partial charge is 0.489 e. The first-order valence-corrected chi connectivity index (χ1v) is 11.0. The van der Waals surface area contributed by atoms with Gasteiger partial charge in [0.05, 0.1) is 12.2 Å². The first-order valence-electron chi connectivity index (χ1n) is 10.2. The highest BCUT2D eigenvalue weighted by Gasteiger charge is 2.30. The topological polar surface area (TPSA) is 44.8 Å². The Bertz CT molecular complexity index is 1060. The number of hydrogen-bond acceptors (Lipinski definition) is 5. The Hall–Kier alpha value is -3.13. The molecule has 0 atom stereocenters. The minimum Gasteiger partial charge on any atom is -0.489 e. The molecule has 8 heteroatoms. The maximum absolute atomic E-state index is 12.6. The van der Waals surface area contributed by atoms with Gasteiger partial charge in [0.1, 0.15) is 18.1 Å². The predicted molar refractivity (Wildman–Crippen MR) is 120 cm³/mol. The number of benzene rings is 3. The van der Waals surface area contributed by atoms with E-state index in [-0.39, 0.29) is 13.2 Å². The molecule has 3 aromatic carbocycles. The molecule has 0 saturated heterocycles. The third-order valence-electron chi connectivity index (χ3n) is 4.54. The van der Waals surface area contributed by atoms with Gasteiger partial charge in [-0.25, -0.2) is 4.79 Å². The van der Waals surface area contributed by atoms with Crippen LogP contribution in [0.25, 0.3) is 0 Å². The highest BCUT2D eigenvalue weighted by molar-refractivity contribution is 7.99. The van der Waals surface area contributed by atoms with E-state index in [1.165, 1.54) is 12.1 Å². The van der Waals surface area contributed by atoms with Gasteiger partial charge in [-0.1, -0.05) is 23.9 Å². The molecule has 0 aliphatic heterocycles. The molecule has 0 spiro atoms. The van der Waals surface area contributed by atoms with E-state index in [0.29, 0.717) is 18.1 Å². The summed E-state index contributed by atoms with van der Waals surface area (Å²) in [6.45, 7) is 4.09. The molecule has 0 bridgehead atoms. The summed E-state index contributed by atoms with van der Waals surface area (Å²) in [4.78, 5) is 13.5. The van der Waals surface area contributed by atoms with Gasteiger partial charge < -0.3 is 14.2 Å². The Balaban J connectivity index is 1.53. The molecule has 0 N–H and O–H groups in total. The maximum Gasteiger partial charge on any atom is 0.416 e. The van der Waals surface area contributed by atoms with Crippen molar-refractivity contribution in [2.75, 3.05) is 13.2 Å². The van der Waals surface area contributed by atoms with Gasteiger partial charge in [0.15, 0.2) is 6.61 Å². The van der Waals surface area contributed by atoms with E-state index in [0.717, 1.165) is 33.1 Å². The van der Waals surface area contributed by atoms with Gasteiger partial charge in [0.25, 0.3) is 0 Å². The van der Waals surface area contributed by atoms with Crippen LogP contribution in [0.2, 0.25) is 0 Å². The maximum atomic E-state index is 12.6. The van der Waals surface area contributed by atoms with Crippen molar-refractivity contribution in [3.63, 3.8) is 0 Å². The summed E-state index contributed by atoms with van der Waals surface area (Å²) in [5.74, 6) is 0.600. The summed E-state index contributed by atoms with van der Waals surface area (Å²) < 4.78 is 53.8. The van der Waals surface area contributed by atoms with Crippen molar-refractivity contribution >= 4 is 17.7 Å². The smallest absolute Gasteiger partial charge is 0.416 e. The van der Waals surface area contributed by atoms with Crippen molar-refractivity contribution in [1.82, 2.24) is 0 Å². The van der Waals surface area contributed by atoms with Gasteiger partial charge >= 0.3 is 12.1 Å². The van der Waals surface area contributed by atoms with E-state index in [1.807, 2.05) is 49.4 Å². The van der Waals surface area contributed by atoms with Crippen LogP contribution >= 0.6 is 11.8 Å². The van der Waals surface area contributed by atoms with Crippen LogP contribution in [0.4, 0.5) is 13.2 Å². The van der Waals surface area contributed by atoms with Gasteiger partial charge in [0.2, 0.25) is 0 Å². The molecule has 33 heavy (non-hydrogen) atoms. The lowest BCUT2D eigenvalue weighted by atomic mass is 10.2. The van der Waals surface area contributed by atoms with Gasteiger partial charge in [-0.15, -0.1) is 0 Å². The summed E-state index contributed by atoms with van der Waals surface area (Å²) in [6.07, 6.45) is -4.36. The van der Waals surface area contributed by atoms with Crippen LogP contribution in [-0.2, 0) is 22.3 Å². The van der Waals surface area contributed by atoms with Crippen molar-refractivity contribution < 1.29 is 32.2 Å². The Labute approximate surface area is 194 Å². The number of carbonyl (C=O) groups is 1. The molecule has 0 aromatic heterocycles. The van der Waals surface area contributed by atoms with E-state index in [2.05, 4.69) is 0 Å². The number of esters is 1. The Morgan fingerprint density at radius 3 is 2.18 bits per heavy atom.